The second-order valence-corrected chi connectivity index (χ2v) is 9.28. The van der Waals surface area contributed by atoms with E-state index in [9.17, 15) is 13.2 Å². The van der Waals surface area contributed by atoms with Crippen molar-refractivity contribution in [2.24, 2.45) is 0 Å². The minimum atomic E-state index is -3.86. The molecule has 0 spiro atoms. The monoisotopic (exact) mass is 436 g/mol. The van der Waals surface area contributed by atoms with Crippen LogP contribution in [0.1, 0.15) is 36.9 Å². The molecule has 2 aromatic carbocycles. The molecule has 1 amide bonds. The summed E-state index contributed by atoms with van der Waals surface area (Å²) in [5, 5.41) is 3.20. The van der Waals surface area contributed by atoms with Crippen molar-refractivity contribution in [3.05, 3.63) is 58.6 Å². The smallest absolute Gasteiger partial charge is 0.243 e. The van der Waals surface area contributed by atoms with Crippen LogP contribution in [0.5, 0.6) is 5.75 Å². The zero-order valence-electron chi connectivity index (χ0n) is 16.5. The van der Waals surface area contributed by atoms with Gasteiger partial charge in [0, 0.05) is 6.54 Å². The molecular weight excluding hydrogens is 412 g/mol. The van der Waals surface area contributed by atoms with Gasteiger partial charge in [0.25, 0.3) is 0 Å². The van der Waals surface area contributed by atoms with Gasteiger partial charge in [-0.25, -0.2) is 8.42 Å². The van der Waals surface area contributed by atoms with Gasteiger partial charge in [-0.3, -0.25) is 4.79 Å². The first-order chi connectivity index (χ1) is 13.9. The third kappa shape index (κ3) is 4.74. The summed E-state index contributed by atoms with van der Waals surface area (Å²) in [6.45, 7) is 1.62. The molecule has 0 heterocycles. The lowest BCUT2D eigenvalue weighted by atomic mass is 9.88. The third-order valence-electron chi connectivity index (χ3n) is 5.14. The van der Waals surface area contributed by atoms with Crippen LogP contribution in [0, 0.1) is 0 Å². The molecule has 0 fully saturated rings. The van der Waals surface area contributed by atoms with E-state index in [-0.39, 0.29) is 35.0 Å². The number of likely N-dealkylation sites (N-methyl/N-ethyl adjacent to an activating group) is 1. The average molecular weight is 437 g/mol. The summed E-state index contributed by atoms with van der Waals surface area (Å²) in [5.74, 6) is 0.0686. The Bertz CT molecular complexity index is 994. The van der Waals surface area contributed by atoms with Crippen LogP contribution >= 0.6 is 11.6 Å². The van der Waals surface area contributed by atoms with Crippen LogP contribution in [0.4, 0.5) is 0 Å². The van der Waals surface area contributed by atoms with Crippen molar-refractivity contribution < 1.29 is 17.9 Å². The molecule has 1 N–H and O–H groups in total. The van der Waals surface area contributed by atoms with E-state index in [1.165, 1.54) is 30.9 Å². The topological polar surface area (TPSA) is 75.7 Å². The van der Waals surface area contributed by atoms with E-state index in [2.05, 4.69) is 11.4 Å². The zero-order chi connectivity index (χ0) is 21.0. The van der Waals surface area contributed by atoms with Crippen molar-refractivity contribution in [2.75, 3.05) is 20.2 Å². The molecule has 1 aliphatic rings. The number of hydrogen-bond donors (Lipinski definition) is 1. The molecule has 6 nitrogen and oxygen atoms in total. The number of aryl methyl sites for hydroxylation is 1. The summed E-state index contributed by atoms with van der Waals surface area (Å²) in [4.78, 5) is 12.7. The van der Waals surface area contributed by atoms with Crippen LogP contribution < -0.4 is 10.1 Å². The predicted octanol–water partition coefficient (Wildman–Crippen LogP) is 3.55. The number of halogens is 1. The highest BCUT2D eigenvalue weighted by atomic mass is 35.5. The Morgan fingerprint density at radius 2 is 2.03 bits per heavy atom. The minimum absolute atomic E-state index is 0.0287. The first-order valence-electron chi connectivity index (χ1n) is 9.57. The molecule has 2 aromatic rings. The third-order valence-corrected chi connectivity index (χ3v) is 7.35. The molecule has 8 heteroatoms. The first-order valence-corrected chi connectivity index (χ1v) is 11.4. The fourth-order valence-corrected chi connectivity index (χ4v) is 5.38. The van der Waals surface area contributed by atoms with Gasteiger partial charge in [-0.1, -0.05) is 42.8 Å². The van der Waals surface area contributed by atoms with Crippen molar-refractivity contribution in [1.29, 1.82) is 0 Å². The molecule has 0 aliphatic heterocycles. The number of fused-ring (bicyclic) bond motifs is 1. The number of rotatable bonds is 7. The molecule has 1 atom stereocenters. The van der Waals surface area contributed by atoms with Gasteiger partial charge in [-0.2, -0.15) is 4.31 Å². The zero-order valence-corrected chi connectivity index (χ0v) is 18.1. The Labute approximate surface area is 176 Å². The van der Waals surface area contributed by atoms with Gasteiger partial charge in [0.15, 0.2) is 0 Å². The lowest BCUT2D eigenvalue weighted by Gasteiger charge is -2.27. The number of carbonyl (C=O) groups is 1. The molecule has 29 heavy (non-hydrogen) atoms. The quantitative estimate of drug-likeness (QED) is 0.720. The molecular formula is C21H25ClN2O4S. The number of methoxy groups -OCH3 is 1. The van der Waals surface area contributed by atoms with Gasteiger partial charge in [0.1, 0.15) is 5.75 Å². The van der Waals surface area contributed by atoms with Gasteiger partial charge in [-0.05, 0) is 48.6 Å². The van der Waals surface area contributed by atoms with Crippen molar-refractivity contribution in [1.82, 2.24) is 9.62 Å². The number of nitrogens with zero attached hydrogens (tertiary/aromatic N) is 1. The summed E-state index contributed by atoms with van der Waals surface area (Å²) in [7, 11) is -2.40. The molecule has 0 unspecified atom stereocenters. The SMILES string of the molecule is CCN(CC(=O)N[C@@H]1CCCc2ccccc21)S(=O)(=O)c1ccc(OC)c(Cl)c1. The molecule has 1 aliphatic carbocycles. The molecule has 0 saturated carbocycles. The van der Waals surface area contributed by atoms with E-state index in [1.54, 1.807) is 6.92 Å². The lowest BCUT2D eigenvalue weighted by molar-refractivity contribution is -0.122. The van der Waals surface area contributed by atoms with Gasteiger partial charge in [-0.15, -0.1) is 0 Å². The number of sulfonamides is 1. The maximum Gasteiger partial charge on any atom is 0.243 e. The summed E-state index contributed by atoms with van der Waals surface area (Å²) in [6.07, 6.45) is 2.83. The van der Waals surface area contributed by atoms with Crippen LogP contribution in [0.2, 0.25) is 5.02 Å². The summed E-state index contributed by atoms with van der Waals surface area (Å²) >= 11 is 6.08. The molecule has 0 radical (unpaired) electrons. The van der Waals surface area contributed by atoms with Crippen LogP contribution in [0.25, 0.3) is 0 Å². The summed E-state index contributed by atoms with van der Waals surface area (Å²) in [5.41, 5.74) is 2.34. The highest BCUT2D eigenvalue weighted by molar-refractivity contribution is 7.89. The van der Waals surface area contributed by atoms with Crippen molar-refractivity contribution in [3.8, 4) is 5.75 Å². The Hall–Kier alpha value is -2.09. The van der Waals surface area contributed by atoms with E-state index in [4.69, 9.17) is 16.3 Å². The van der Waals surface area contributed by atoms with Crippen molar-refractivity contribution in [2.45, 2.75) is 37.1 Å². The standard InChI is InChI=1S/C21H25ClN2O4S/c1-3-24(29(26,27)16-11-12-20(28-2)18(22)13-16)14-21(25)23-19-10-6-8-15-7-4-5-9-17(15)19/h4-5,7,9,11-13,19H,3,6,8,10,14H2,1-2H3,(H,23,25)/t19-/m1/s1. The van der Waals surface area contributed by atoms with Crippen molar-refractivity contribution in [3.63, 3.8) is 0 Å². The second-order valence-electron chi connectivity index (χ2n) is 6.94. The van der Waals surface area contributed by atoms with Crippen LogP contribution in [0.15, 0.2) is 47.4 Å². The normalized spacial score (nSPS) is 16.3. The predicted molar refractivity (Wildman–Crippen MR) is 113 cm³/mol. The van der Waals surface area contributed by atoms with Gasteiger partial charge >= 0.3 is 0 Å². The van der Waals surface area contributed by atoms with Crippen LogP contribution in [-0.2, 0) is 21.2 Å². The Morgan fingerprint density at radius 3 is 2.72 bits per heavy atom. The van der Waals surface area contributed by atoms with E-state index < -0.39 is 10.0 Å². The van der Waals surface area contributed by atoms with E-state index in [1.807, 2.05) is 18.2 Å². The van der Waals surface area contributed by atoms with Gasteiger partial charge in [0.2, 0.25) is 15.9 Å². The number of hydrogen-bond acceptors (Lipinski definition) is 4. The van der Waals surface area contributed by atoms with Crippen molar-refractivity contribution >= 4 is 27.5 Å². The highest BCUT2D eigenvalue weighted by Gasteiger charge is 2.28. The number of carbonyl (C=O) groups excluding carboxylic acids is 1. The van der Waals surface area contributed by atoms with Gasteiger partial charge in [0.05, 0.1) is 29.6 Å². The molecule has 0 bridgehead atoms. The number of amides is 1. The average Bonchev–Trinajstić information content (AvgIpc) is 2.72. The lowest BCUT2D eigenvalue weighted by Crippen LogP contribution is -2.42. The Kier molecular flexibility index (Phi) is 6.82. The highest BCUT2D eigenvalue weighted by Crippen LogP contribution is 2.30. The number of ether oxygens (including phenoxy) is 1. The minimum Gasteiger partial charge on any atom is -0.495 e. The van der Waals surface area contributed by atoms with Gasteiger partial charge < -0.3 is 10.1 Å². The Balaban J connectivity index is 1.74. The van der Waals surface area contributed by atoms with E-state index in [0.29, 0.717) is 5.75 Å². The molecule has 3 rings (SSSR count). The van der Waals surface area contributed by atoms with E-state index in [0.717, 1.165) is 29.1 Å². The molecule has 0 saturated heterocycles. The summed E-state index contributed by atoms with van der Waals surface area (Å²) < 4.78 is 32.2. The largest absolute Gasteiger partial charge is 0.495 e. The molecule has 156 valence electrons. The Morgan fingerprint density at radius 1 is 1.28 bits per heavy atom. The number of nitrogens with one attached hydrogen (secondary N) is 1. The van der Waals surface area contributed by atoms with Crippen LogP contribution in [-0.4, -0.2) is 38.8 Å². The van der Waals surface area contributed by atoms with E-state index >= 15 is 0 Å². The van der Waals surface area contributed by atoms with Crippen LogP contribution in [0.3, 0.4) is 0 Å². The number of benzene rings is 2. The maximum absolute atomic E-state index is 13.0. The summed E-state index contributed by atoms with van der Waals surface area (Å²) in [6, 6.07) is 12.2. The molecule has 0 aromatic heterocycles. The first kappa shape index (κ1) is 21.6. The fraction of sp³-hybridized carbons (Fsp3) is 0.381. The fourth-order valence-electron chi connectivity index (χ4n) is 3.63. The second kappa shape index (κ2) is 9.15. The maximum atomic E-state index is 13.0.